The fourth-order valence-electron chi connectivity index (χ4n) is 3.01. The Morgan fingerprint density at radius 2 is 1.80 bits per heavy atom. The van der Waals surface area contributed by atoms with Crippen LogP contribution in [-0.4, -0.2) is 57.1 Å². The van der Waals surface area contributed by atoms with Gasteiger partial charge in [-0.05, 0) is 66.2 Å². The topological polar surface area (TPSA) is 102 Å². The third-order valence-electron chi connectivity index (χ3n) is 4.29. The Kier molecular flexibility index (Phi) is 7.17. The number of nitrogens with zero attached hydrogens (tertiary/aromatic N) is 1. The van der Waals surface area contributed by atoms with Gasteiger partial charge in [0.25, 0.3) is 15.9 Å². The standard InChI is InChI=1S/C19H21BrN2O6S2/c1-12-9-22(10-13(2)28-12)17(23)11-27-19(24)14-3-5-15(6-4-14)21-30(25,26)18-8-7-16(20)29-18/h3-8,12-13,21H,9-11H2,1-2H3. The Balaban J connectivity index is 1.55. The first-order valence-electron chi connectivity index (χ1n) is 9.12. The molecule has 30 heavy (non-hydrogen) atoms. The van der Waals surface area contributed by atoms with Crippen molar-refractivity contribution < 1.29 is 27.5 Å². The van der Waals surface area contributed by atoms with Gasteiger partial charge in [-0.3, -0.25) is 9.52 Å². The van der Waals surface area contributed by atoms with E-state index in [-0.39, 0.29) is 34.5 Å². The average Bonchev–Trinajstić information content (AvgIpc) is 3.13. The Morgan fingerprint density at radius 1 is 1.17 bits per heavy atom. The van der Waals surface area contributed by atoms with Crippen LogP contribution in [0.3, 0.4) is 0 Å². The van der Waals surface area contributed by atoms with E-state index in [1.807, 2.05) is 13.8 Å². The number of halogens is 1. The molecule has 0 saturated carbocycles. The molecule has 2 heterocycles. The van der Waals surface area contributed by atoms with E-state index in [4.69, 9.17) is 9.47 Å². The number of anilines is 1. The van der Waals surface area contributed by atoms with Crippen molar-refractivity contribution in [2.45, 2.75) is 30.3 Å². The zero-order valence-electron chi connectivity index (χ0n) is 16.3. The van der Waals surface area contributed by atoms with Crippen molar-refractivity contribution >= 4 is 54.9 Å². The van der Waals surface area contributed by atoms with Crippen molar-refractivity contribution in [3.8, 4) is 0 Å². The normalized spacial score (nSPS) is 19.4. The lowest BCUT2D eigenvalue weighted by molar-refractivity contribution is -0.146. The molecule has 1 fully saturated rings. The van der Waals surface area contributed by atoms with Gasteiger partial charge in [0.1, 0.15) is 4.21 Å². The number of hydrogen-bond acceptors (Lipinski definition) is 7. The van der Waals surface area contributed by atoms with Crippen LogP contribution in [0.25, 0.3) is 0 Å². The lowest BCUT2D eigenvalue weighted by Crippen LogP contribution is -2.49. The van der Waals surface area contributed by atoms with Crippen molar-refractivity contribution in [3.63, 3.8) is 0 Å². The first-order chi connectivity index (χ1) is 14.1. The molecular formula is C19H21BrN2O6S2. The molecule has 11 heteroatoms. The van der Waals surface area contributed by atoms with Gasteiger partial charge in [-0.25, -0.2) is 13.2 Å². The number of nitrogens with one attached hydrogen (secondary N) is 1. The van der Waals surface area contributed by atoms with E-state index in [9.17, 15) is 18.0 Å². The molecule has 2 aromatic rings. The lowest BCUT2D eigenvalue weighted by atomic mass is 10.2. The predicted molar refractivity (Wildman–Crippen MR) is 116 cm³/mol. The first kappa shape index (κ1) is 22.7. The SMILES string of the molecule is CC1CN(C(=O)COC(=O)c2ccc(NS(=O)(=O)c3ccc(Br)s3)cc2)CC(C)O1. The summed E-state index contributed by atoms with van der Waals surface area (Å²) in [5.74, 6) is -0.939. The third kappa shape index (κ3) is 5.81. The average molecular weight is 517 g/mol. The van der Waals surface area contributed by atoms with E-state index in [1.54, 1.807) is 11.0 Å². The van der Waals surface area contributed by atoms with Crippen LogP contribution in [0, 0.1) is 0 Å². The van der Waals surface area contributed by atoms with Crippen LogP contribution in [0.4, 0.5) is 5.69 Å². The fourth-order valence-corrected chi connectivity index (χ4v) is 6.07. The van der Waals surface area contributed by atoms with Crippen LogP contribution in [0.5, 0.6) is 0 Å². The van der Waals surface area contributed by atoms with Gasteiger partial charge in [-0.1, -0.05) is 0 Å². The van der Waals surface area contributed by atoms with Crippen LogP contribution >= 0.6 is 27.3 Å². The summed E-state index contributed by atoms with van der Waals surface area (Å²) < 4.78 is 38.7. The number of rotatable bonds is 6. The molecule has 3 rings (SSSR count). The molecule has 162 valence electrons. The van der Waals surface area contributed by atoms with Crippen LogP contribution in [0.2, 0.25) is 0 Å². The van der Waals surface area contributed by atoms with Gasteiger partial charge in [0.15, 0.2) is 6.61 Å². The molecule has 0 radical (unpaired) electrons. The maximum atomic E-state index is 12.3. The quantitative estimate of drug-likeness (QED) is 0.591. The van der Waals surface area contributed by atoms with Gasteiger partial charge >= 0.3 is 5.97 Å². The number of carbonyl (C=O) groups is 2. The van der Waals surface area contributed by atoms with Crippen molar-refractivity contribution in [1.82, 2.24) is 4.90 Å². The second-order valence-corrected chi connectivity index (χ2v) is 11.2. The largest absolute Gasteiger partial charge is 0.452 e. The second kappa shape index (κ2) is 9.46. The predicted octanol–water partition coefficient (Wildman–Crippen LogP) is 3.10. The maximum absolute atomic E-state index is 12.3. The van der Waals surface area contributed by atoms with Crippen molar-refractivity contribution in [2.24, 2.45) is 0 Å². The van der Waals surface area contributed by atoms with Crippen LogP contribution in [-0.2, 0) is 24.3 Å². The zero-order chi connectivity index (χ0) is 21.9. The molecule has 0 spiro atoms. The van der Waals surface area contributed by atoms with Gasteiger partial charge in [0.05, 0.1) is 21.6 Å². The summed E-state index contributed by atoms with van der Waals surface area (Å²) in [4.78, 5) is 26.1. The van der Waals surface area contributed by atoms with Crippen molar-refractivity contribution in [3.05, 3.63) is 45.7 Å². The Morgan fingerprint density at radius 3 is 2.37 bits per heavy atom. The fraction of sp³-hybridized carbons (Fsp3) is 0.368. The smallest absolute Gasteiger partial charge is 0.338 e. The molecule has 1 amide bonds. The molecule has 2 atom stereocenters. The van der Waals surface area contributed by atoms with Crippen molar-refractivity contribution in [1.29, 1.82) is 0 Å². The highest BCUT2D eigenvalue weighted by Gasteiger charge is 2.26. The van der Waals surface area contributed by atoms with Gasteiger partial charge in [-0.15, -0.1) is 11.3 Å². The minimum atomic E-state index is -3.71. The number of benzene rings is 1. The number of amides is 1. The Hall–Kier alpha value is -1.95. The summed E-state index contributed by atoms with van der Waals surface area (Å²) in [5.41, 5.74) is 0.525. The summed E-state index contributed by atoms with van der Waals surface area (Å²) in [5, 5.41) is 0. The van der Waals surface area contributed by atoms with E-state index < -0.39 is 16.0 Å². The van der Waals surface area contributed by atoms with E-state index in [1.165, 1.54) is 30.3 Å². The van der Waals surface area contributed by atoms with Crippen LogP contribution < -0.4 is 4.72 Å². The molecule has 1 aromatic carbocycles. The summed E-state index contributed by atoms with van der Waals surface area (Å²) in [6, 6.07) is 8.95. The third-order valence-corrected chi connectivity index (χ3v) is 7.78. The number of morpholine rings is 1. The summed E-state index contributed by atoms with van der Waals surface area (Å²) in [6.07, 6.45) is -0.139. The number of ether oxygens (including phenoxy) is 2. The maximum Gasteiger partial charge on any atom is 0.338 e. The minimum Gasteiger partial charge on any atom is -0.452 e. The number of hydrogen-bond donors (Lipinski definition) is 1. The van der Waals surface area contributed by atoms with Gasteiger partial charge in [0.2, 0.25) is 0 Å². The van der Waals surface area contributed by atoms with Crippen LogP contribution in [0.1, 0.15) is 24.2 Å². The molecule has 1 saturated heterocycles. The van der Waals surface area contributed by atoms with E-state index in [0.717, 1.165) is 11.3 Å². The number of carbonyl (C=O) groups excluding carboxylic acids is 2. The Bertz CT molecular complexity index is 1010. The molecule has 1 aromatic heterocycles. The van der Waals surface area contributed by atoms with Crippen LogP contribution in [0.15, 0.2) is 44.4 Å². The highest BCUT2D eigenvalue weighted by Crippen LogP contribution is 2.27. The highest BCUT2D eigenvalue weighted by atomic mass is 79.9. The summed E-state index contributed by atoms with van der Waals surface area (Å²) in [7, 11) is -3.71. The van der Waals surface area contributed by atoms with E-state index in [2.05, 4.69) is 20.7 Å². The molecule has 1 aliphatic heterocycles. The molecule has 8 nitrogen and oxygen atoms in total. The lowest BCUT2D eigenvalue weighted by Gasteiger charge is -2.35. The highest BCUT2D eigenvalue weighted by molar-refractivity contribution is 9.11. The monoisotopic (exact) mass is 516 g/mol. The number of esters is 1. The second-order valence-electron chi connectivity index (χ2n) is 6.87. The summed E-state index contributed by atoms with van der Waals surface area (Å²) in [6.45, 7) is 4.32. The molecule has 0 bridgehead atoms. The Labute approximate surface area is 187 Å². The van der Waals surface area contributed by atoms with Crippen molar-refractivity contribution in [2.75, 3.05) is 24.4 Å². The summed E-state index contributed by atoms with van der Waals surface area (Å²) >= 11 is 4.32. The number of sulfonamides is 1. The first-order valence-corrected chi connectivity index (χ1v) is 12.2. The molecule has 0 aliphatic carbocycles. The molecule has 2 unspecified atom stereocenters. The molecule has 1 N–H and O–H groups in total. The number of thiophene rings is 1. The van der Waals surface area contributed by atoms with Gasteiger partial charge in [0, 0.05) is 18.8 Å². The minimum absolute atomic E-state index is 0.0694. The van der Waals surface area contributed by atoms with Gasteiger partial charge in [-0.2, -0.15) is 0 Å². The molecule has 1 aliphatic rings. The van der Waals surface area contributed by atoms with E-state index in [0.29, 0.717) is 22.6 Å². The molecular weight excluding hydrogens is 496 g/mol. The van der Waals surface area contributed by atoms with E-state index >= 15 is 0 Å². The van der Waals surface area contributed by atoms with Gasteiger partial charge < -0.3 is 14.4 Å². The zero-order valence-corrected chi connectivity index (χ0v) is 19.6.